The van der Waals surface area contributed by atoms with E-state index in [0.29, 0.717) is 12.3 Å². The quantitative estimate of drug-likeness (QED) is 0.0625. The first-order chi connectivity index (χ1) is 11.1. The molecule has 0 aliphatic carbocycles. The van der Waals surface area contributed by atoms with Gasteiger partial charge >= 0.3 is 51.4 Å². The van der Waals surface area contributed by atoms with Gasteiger partial charge in [-0.05, 0) is 27.1 Å². The van der Waals surface area contributed by atoms with Gasteiger partial charge in [0.05, 0.1) is 6.61 Å². The van der Waals surface area contributed by atoms with Crippen LogP contribution < -0.4 is 66.7 Å². The summed E-state index contributed by atoms with van der Waals surface area (Å²) in [5, 5.41) is 13.5. The molecule has 0 saturated carbocycles. The molecule has 0 unspecified atom stereocenters. The normalized spacial score (nSPS) is 11.0. The summed E-state index contributed by atoms with van der Waals surface area (Å²) in [6.07, 6.45) is 1.04. The van der Waals surface area contributed by atoms with Crippen LogP contribution in [0, 0.1) is 0 Å². The molecule has 0 bridgehead atoms. The molecule has 11 heteroatoms. The van der Waals surface area contributed by atoms with Crippen LogP contribution in [0.1, 0.15) is 6.42 Å². The van der Waals surface area contributed by atoms with Gasteiger partial charge in [0, 0.05) is 18.8 Å². The van der Waals surface area contributed by atoms with Crippen molar-refractivity contribution in [2.75, 3.05) is 59.3 Å². The van der Waals surface area contributed by atoms with E-state index in [0.717, 1.165) is 19.5 Å². The number of ether oxygens (including phenoxy) is 2. The molecule has 136 valence electrons. The maximum Gasteiger partial charge on any atom is 1.00 e. The van der Waals surface area contributed by atoms with Crippen LogP contribution in [0.3, 0.4) is 0 Å². The summed E-state index contributed by atoms with van der Waals surface area (Å²) in [4.78, 5) is 26.7. The van der Waals surface area contributed by atoms with Gasteiger partial charge in [-0.1, -0.05) is 11.9 Å². The second kappa shape index (κ2) is 18.5. The Kier molecular flexibility index (Phi) is 20.8. The second-order valence-electron chi connectivity index (χ2n) is 5.18. The fourth-order valence-corrected chi connectivity index (χ4v) is 2.39. The van der Waals surface area contributed by atoms with Crippen LogP contribution in [0.25, 0.3) is 0 Å². The Morgan fingerprint density at radius 3 is 2.25 bits per heavy atom. The van der Waals surface area contributed by atoms with E-state index in [4.69, 9.17) is 9.47 Å². The van der Waals surface area contributed by atoms with Crippen molar-refractivity contribution in [3.8, 4) is 0 Å². The monoisotopic (exact) mass is 391 g/mol. The molecule has 0 heterocycles. The van der Waals surface area contributed by atoms with Gasteiger partial charge in [-0.3, -0.25) is 14.3 Å². The number of carbonyl (C=O) groups is 2. The third-order valence-electron chi connectivity index (χ3n) is 2.88. The minimum absolute atomic E-state index is 0. The van der Waals surface area contributed by atoms with Crippen molar-refractivity contribution in [1.82, 2.24) is 14.9 Å². The van der Waals surface area contributed by atoms with Crippen molar-refractivity contribution in [2.24, 2.45) is 0 Å². The Hall–Kier alpha value is 0.726. The maximum absolute atomic E-state index is 10.5. The second-order valence-corrected chi connectivity index (χ2v) is 6.17. The Morgan fingerprint density at radius 2 is 1.75 bits per heavy atom. The number of carbonyl (C=O) groups excluding carboxylic acids is 2. The maximum atomic E-state index is 10.5. The summed E-state index contributed by atoms with van der Waals surface area (Å²) < 4.78 is 12.6. The molecule has 9 nitrogen and oxygen atoms in total. The number of rotatable bonds is 17. The summed E-state index contributed by atoms with van der Waals surface area (Å²) in [6.45, 7) is 2.39. The largest absolute Gasteiger partial charge is 1.00 e. The van der Waals surface area contributed by atoms with Crippen molar-refractivity contribution in [1.29, 1.82) is 0 Å². The van der Waals surface area contributed by atoms with Crippen molar-refractivity contribution in [2.45, 2.75) is 12.0 Å². The molecular weight excluding hydrogens is 365 g/mol. The van der Waals surface area contributed by atoms with E-state index in [1.165, 1.54) is 0 Å². The van der Waals surface area contributed by atoms with Gasteiger partial charge < -0.3 is 29.8 Å². The van der Waals surface area contributed by atoms with Gasteiger partial charge in [0.2, 0.25) is 0 Å². The van der Waals surface area contributed by atoms with E-state index in [9.17, 15) is 14.8 Å². The minimum atomic E-state index is -1.05. The first kappa shape index (κ1) is 27.0. The van der Waals surface area contributed by atoms with Crippen LogP contribution >= 0.6 is 11.9 Å². The van der Waals surface area contributed by atoms with Crippen molar-refractivity contribution in [3.63, 3.8) is 0 Å². The summed E-state index contributed by atoms with van der Waals surface area (Å²) in [5.74, 6) is 0.713. The molecule has 0 radical (unpaired) electrons. The molecule has 0 aliphatic heterocycles. The standard InChI is InChI=1S/C13H27N3O6S.K/c1-16(2)6-3-4-15-23-7-5-14-13(10-22-19,8-20-11-17)9-21-12-18;/h11-12,14-15,19H,3-10H2,1-2H3;/q;+1/p-1. The Bertz CT molecular complexity index is 303. The Morgan fingerprint density at radius 1 is 1.12 bits per heavy atom. The van der Waals surface area contributed by atoms with Crippen LogP contribution in [0.4, 0.5) is 0 Å². The Balaban J connectivity index is 0. The topological polar surface area (TPSA) is 112 Å². The van der Waals surface area contributed by atoms with Crippen LogP contribution in [0.15, 0.2) is 0 Å². The van der Waals surface area contributed by atoms with Crippen LogP contribution in [-0.4, -0.2) is 82.7 Å². The van der Waals surface area contributed by atoms with E-state index in [1.54, 1.807) is 11.9 Å². The molecule has 2 N–H and O–H groups in total. The smallest absolute Gasteiger partial charge is 0.723 e. The molecule has 0 spiro atoms. The molecule has 0 saturated heterocycles. The first-order valence-electron chi connectivity index (χ1n) is 7.20. The molecule has 0 atom stereocenters. The molecule has 0 fully saturated rings. The van der Waals surface area contributed by atoms with Gasteiger partial charge in [0.1, 0.15) is 18.8 Å². The number of nitrogens with zero attached hydrogens (tertiary/aromatic N) is 1. The molecule has 0 aromatic carbocycles. The molecule has 0 aliphatic rings. The zero-order valence-corrected chi connectivity index (χ0v) is 18.6. The number of hydrogen-bond donors (Lipinski definition) is 2. The summed E-state index contributed by atoms with van der Waals surface area (Å²) in [7, 11) is 4.05. The van der Waals surface area contributed by atoms with E-state index in [-0.39, 0.29) is 84.1 Å². The molecule has 24 heavy (non-hydrogen) atoms. The molecule has 0 amide bonds. The van der Waals surface area contributed by atoms with Gasteiger partial charge in [-0.2, -0.15) is 0 Å². The SMILES string of the molecule is CN(C)CCCNSCCNC(CO[O-])(COC=O)COC=O.[K+]. The fourth-order valence-electron chi connectivity index (χ4n) is 1.76. The summed E-state index contributed by atoms with van der Waals surface area (Å²) in [5.41, 5.74) is -1.05. The van der Waals surface area contributed by atoms with Gasteiger partial charge in [-0.25, -0.2) is 0 Å². The van der Waals surface area contributed by atoms with Crippen molar-refractivity contribution < 1.29 is 80.6 Å². The Labute approximate surface area is 190 Å². The zero-order chi connectivity index (χ0) is 17.4. The van der Waals surface area contributed by atoms with Crippen LogP contribution in [0.2, 0.25) is 0 Å². The molecular formula is C13H26KN3O6S. The van der Waals surface area contributed by atoms with Crippen LogP contribution in [0.5, 0.6) is 0 Å². The third kappa shape index (κ3) is 15.0. The molecule has 0 rings (SSSR count). The van der Waals surface area contributed by atoms with E-state index >= 15 is 0 Å². The zero-order valence-electron chi connectivity index (χ0n) is 14.6. The first-order valence-corrected chi connectivity index (χ1v) is 8.18. The van der Waals surface area contributed by atoms with E-state index in [2.05, 4.69) is 19.8 Å². The van der Waals surface area contributed by atoms with E-state index < -0.39 is 5.54 Å². The molecule has 0 aromatic rings. The fraction of sp³-hybridized carbons (Fsp3) is 0.846. The number of hydrogen-bond acceptors (Lipinski definition) is 10. The summed E-state index contributed by atoms with van der Waals surface area (Å²) in [6, 6.07) is 0. The average Bonchev–Trinajstić information content (AvgIpc) is 2.53. The molecule has 0 aromatic heterocycles. The van der Waals surface area contributed by atoms with Crippen LogP contribution in [-0.2, 0) is 24.0 Å². The number of nitrogens with one attached hydrogen (secondary N) is 2. The van der Waals surface area contributed by atoms with Crippen molar-refractivity contribution in [3.05, 3.63) is 0 Å². The predicted octanol–water partition coefficient (Wildman–Crippen LogP) is -4.85. The van der Waals surface area contributed by atoms with E-state index in [1.807, 2.05) is 14.1 Å². The van der Waals surface area contributed by atoms with Crippen molar-refractivity contribution >= 4 is 24.9 Å². The van der Waals surface area contributed by atoms with Gasteiger partial charge in [-0.15, -0.1) is 0 Å². The summed E-state index contributed by atoms with van der Waals surface area (Å²) >= 11 is 1.54. The van der Waals surface area contributed by atoms with Gasteiger partial charge in [0.25, 0.3) is 12.9 Å². The average molecular weight is 392 g/mol. The van der Waals surface area contributed by atoms with Gasteiger partial charge in [0.15, 0.2) is 0 Å². The minimum Gasteiger partial charge on any atom is -0.723 e. The third-order valence-corrected chi connectivity index (χ3v) is 3.70. The predicted molar refractivity (Wildman–Crippen MR) is 84.3 cm³/mol.